The summed E-state index contributed by atoms with van der Waals surface area (Å²) in [6.07, 6.45) is -0.133. The van der Waals surface area contributed by atoms with E-state index in [0.29, 0.717) is 25.2 Å². The average Bonchev–Trinajstić information content (AvgIpc) is 2.87. The molecule has 1 aromatic rings. The van der Waals surface area contributed by atoms with Crippen LogP contribution in [-0.2, 0) is 16.6 Å². The van der Waals surface area contributed by atoms with E-state index in [4.69, 9.17) is 0 Å². The standard InChI is InChI=1S/C13H17N3O4S/c1-15-7-9-6-11(2-3-12(9)14-13(15)18)21(19,20)16-5-4-10(17)8-16/h2-3,6,10,17H,4-5,7-8H2,1H3,(H,14,18). The van der Waals surface area contributed by atoms with Crippen LogP contribution < -0.4 is 5.32 Å². The Hall–Kier alpha value is -1.64. The van der Waals surface area contributed by atoms with Crippen molar-refractivity contribution in [3.8, 4) is 0 Å². The van der Waals surface area contributed by atoms with E-state index in [1.807, 2.05) is 0 Å². The first-order chi connectivity index (χ1) is 9.88. The van der Waals surface area contributed by atoms with Crippen molar-refractivity contribution < 1.29 is 18.3 Å². The zero-order chi connectivity index (χ0) is 15.2. The topological polar surface area (TPSA) is 90.0 Å². The molecule has 3 rings (SSSR count). The number of fused-ring (bicyclic) bond motifs is 1. The van der Waals surface area contributed by atoms with Crippen LogP contribution in [0.15, 0.2) is 23.1 Å². The highest BCUT2D eigenvalue weighted by Crippen LogP contribution is 2.28. The lowest BCUT2D eigenvalue weighted by Crippen LogP contribution is -2.36. The Bertz CT molecular complexity index is 689. The number of aliphatic hydroxyl groups excluding tert-OH is 1. The van der Waals surface area contributed by atoms with E-state index in [1.54, 1.807) is 19.2 Å². The Balaban J connectivity index is 1.94. The molecule has 1 saturated heterocycles. The number of β-amino-alcohol motifs (C(OH)–C–C–N with tert-alkyl or cyclic N) is 1. The molecule has 7 nitrogen and oxygen atoms in total. The largest absolute Gasteiger partial charge is 0.392 e. The van der Waals surface area contributed by atoms with Gasteiger partial charge in [0.25, 0.3) is 0 Å². The molecular formula is C13H17N3O4S. The maximum absolute atomic E-state index is 12.5. The second kappa shape index (κ2) is 4.97. The molecule has 8 heteroatoms. The normalized spacial score (nSPS) is 23.0. The molecule has 0 saturated carbocycles. The molecular weight excluding hydrogens is 294 g/mol. The lowest BCUT2D eigenvalue weighted by Gasteiger charge is -2.26. The molecule has 0 radical (unpaired) electrons. The van der Waals surface area contributed by atoms with Gasteiger partial charge in [0.05, 0.1) is 11.0 Å². The number of amides is 2. The highest BCUT2D eigenvalue weighted by molar-refractivity contribution is 7.89. The van der Waals surface area contributed by atoms with E-state index in [9.17, 15) is 18.3 Å². The minimum absolute atomic E-state index is 0.135. The second-order valence-electron chi connectivity index (χ2n) is 5.41. The maximum atomic E-state index is 12.5. The number of aliphatic hydroxyl groups is 1. The maximum Gasteiger partial charge on any atom is 0.321 e. The van der Waals surface area contributed by atoms with Crippen molar-refractivity contribution in [2.75, 3.05) is 25.5 Å². The number of hydrogen-bond acceptors (Lipinski definition) is 4. The first-order valence-corrected chi connectivity index (χ1v) is 8.15. The fraction of sp³-hybridized carbons (Fsp3) is 0.462. The van der Waals surface area contributed by atoms with Gasteiger partial charge >= 0.3 is 6.03 Å². The summed E-state index contributed by atoms with van der Waals surface area (Å²) in [6.45, 7) is 0.834. The zero-order valence-electron chi connectivity index (χ0n) is 11.6. The summed E-state index contributed by atoms with van der Waals surface area (Å²) >= 11 is 0. The lowest BCUT2D eigenvalue weighted by atomic mass is 10.1. The van der Waals surface area contributed by atoms with Crippen LogP contribution in [-0.4, -0.2) is 55.0 Å². The van der Waals surface area contributed by atoms with Crippen LogP contribution in [0, 0.1) is 0 Å². The van der Waals surface area contributed by atoms with E-state index < -0.39 is 16.1 Å². The predicted molar refractivity (Wildman–Crippen MR) is 76.3 cm³/mol. The van der Waals surface area contributed by atoms with Crippen LogP contribution in [0.25, 0.3) is 0 Å². The van der Waals surface area contributed by atoms with E-state index >= 15 is 0 Å². The third-order valence-electron chi connectivity index (χ3n) is 3.84. The zero-order valence-corrected chi connectivity index (χ0v) is 12.4. The van der Waals surface area contributed by atoms with Crippen molar-refractivity contribution >= 4 is 21.7 Å². The van der Waals surface area contributed by atoms with Crippen molar-refractivity contribution in [2.24, 2.45) is 0 Å². The van der Waals surface area contributed by atoms with Crippen LogP contribution in [0.1, 0.15) is 12.0 Å². The fourth-order valence-electron chi connectivity index (χ4n) is 2.60. The quantitative estimate of drug-likeness (QED) is 0.828. The number of carbonyl (C=O) groups excluding carboxylic acids is 1. The summed E-state index contributed by atoms with van der Waals surface area (Å²) in [5.74, 6) is 0. The van der Waals surface area contributed by atoms with Gasteiger partial charge in [-0.05, 0) is 30.2 Å². The second-order valence-corrected chi connectivity index (χ2v) is 7.35. The summed E-state index contributed by atoms with van der Waals surface area (Å²) in [5.41, 5.74) is 1.40. The van der Waals surface area contributed by atoms with Crippen LogP contribution in [0.4, 0.5) is 10.5 Å². The predicted octanol–water partition coefficient (Wildman–Crippen LogP) is 0.419. The summed E-state index contributed by atoms with van der Waals surface area (Å²) < 4.78 is 26.3. The molecule has 2 N–H and O–H groups in total. The van der Waals surface area contributed by atoms with Crippen molar-refractivity contribution in [1.82, 2.24) is 9.21 Å². The average molecular weight is 311 g/mol. The Morgan fingerprint density at radius 3 is 2.81 bits per heavy atom. The monoisotopic (exact) mass is 311 g/mol. The summed E-state index contributed by atoms with van der Waals surface area (Å²) in [5, 5.41) is 12.2. The van der Waals surface area contributed by atoms with Gasteiger partial charge < -0.3 is 15.3 Å². The molecule has 1 fully saturated rings. The molecule has 2 aliphatic heterocycles. The van der Waals surface area contributed by atoms with Gasteiger partial charge in [-0.2, -0.15) is 4.31 Å². The third-order valence-corrected chi connectivity index (χ3v) is 5.70. The number of nitrogens with zero attached hydrogens (tertiary/aromatic N) is 2. The molecule has 2 heterocycles. The molecule has 0 bridgehead atoms. The molecule has 1 atom stereocenters. The van der Waals surface area contributed by atoms with Gasteiger partial charge in [-0.1, -0.05) is 0 Å². The Kier molecular flexibility index (Phi) is 3.39. The smallest absolute Gasteiger partial charge is 0.321 e. The number of sulfonamides is 1. The van der Waals surface area contributed by atoms with Crippen molar-refractivity contribution in [3.63, 3.8) is 0 Å². The SMILES string of the molecule is CN1Cc2cc(S(=O)(=O)N3CCC(O)C3)ccc2NC1=O. The molecule has 21 heavy (non-hydrogen) atoms. The van der Waals surface area contributed by atoms with Crippen LogP contribution in [0.2, 0.25) is 0 Å². The minimum atomic E-state index is -3.59. The van der Waals surface area contributed by atoms with Crippen LogP contribution in [0.5, 0.6) is 0 Å². The van der Waals surface area contributed by atoms with Gasteiger partial charge in [-0.25, -0.2) is 13.2 Å². The summed E-state index contributed by atoms with van der Waals surface area (Å²) in [7, 11) is -1.94. The molecule has 2 aliphatic rings. The molecule has 1 aromatic carbocycles. The Morgan fingerprint density at radius 1 is 1.38 bits per heavy atom. The van der Waals surface area contributed by atoms with Gasteiger partial charge in [0.1, 0.15) is 0 Å². The van der Waals surface area contributed by atoms with Crippen molar-refractivity contribution in [2.45, 2.75) is 24.0 Å². The molecule has 0 aliphatic carbocycles. The number of carbonyl (C=O) groups is 1. The Labute approximate surface area is 123 Å². The van der Waals surface area contributed by atoms with Gasteiger partial charge in [0.15, 0.2) is 0 Å². The number of rotatable bonds is 2. The van der Waals surface area contributed by atoms with Gasteiger partial charge in [0, 0.05) is 32.4 Å². The van der Waals surface area contributed by atoms with Gasteiger partial charge in [0.2, 0.25) is 10.0 Å². The first kappa shape index (κ1) is 14.3. The van der Waals surface area contributed by atoms with Crippen LogP contribution in [0.3, 0.4) is 0 Å². The molecule has 0 aromatic heterocycles. The number of anilines is 1. The first-order valence-electron chi connectivity index (χ1n) is 6.71. The van der Waals surface area contributed by atoms with E-state index in [-0.39, 0.29) is 17.5 Å². The lowest BCUT2D eigenvalue weighted by molar-refractivity contribution is 0.189. The van der Waals surface area contributed by atoms with Gasteiger partial charge in [-0.15, -0.1) is 0 Å². The fourth-order valence-corrected chi connectivity index (χ4v) is 4.14. The number of nitrogens with one attached hydrogen (secondary N) is 1. The summed E-state index contributed by atoms with van der Waals surface area (Å²) in [4.78, 5) is 13.2. The van der Waals surface area contributed by atoms with Gasteiger partial charge in [-0.3, -0.25) is 0 Å². The minimum Gasteiger partial charge on any atom is -0.392 e. The van der Waals surface area contributed by atoms with E-state index in [0.717, 1.165) is 5.56 Å². The number of urea groups is 1. The highest BCUT2D eigenvalue weighted by atomic mass is 32.2. The molecule has 0 spiro atoms. The number of hydrogen-bond donors (Lipinski definition) is 2. The molecule has 114 valence electrons. The molecule has 1 unspecified atom stereocenters. The number of benzene rings is 1. The van der Waals surface area contributed by atoms with Crippen LogP contribution >= 0.6 is 0 Å². The molecule has 2 amide bonds. The van der Waals surface area contributed by atoms with E-state index in [1.165, 1.54) is 15.3 Å². The third kappa shape index (κ3) is 2.50. The Morgan fingerprint density at radius 2 is 2.14 bits per heavy atom. The van der Waals surface area contributed by atoms with E-state index in [2.05, 4.69) is 5.32 Å². The van der Waals surface area contributed by atoms with Crippen molar-refractivity contribution in [1.29, 1.82) is 0 Å². The highest BCUT2D eigenvalue weighted by Gasteiger charge is 2.32. The summed E-state index contributed by atoms with van der Waals surface area (Å²) in [6, 6.07) is 4.48. The van der Waals surface area contributed by atoms with Crippen molar-refractivity contribution in [3.05, 3.63) is 23.8 Å².